The number of nitrogens with zero attached hydrogens (tertiary/aromatic N) is 2. The lowest BCUT2D eigenvalue weighted by atomic mass is 10.2. The Morgan fingerprint density at radius 1 is 0.958 bits per heavy atom. The van der Waals surface area contributed by atoms with E-state index in [1.165, 1.54) is 4.68 Å². The Morgan fingerprint density at radius 3 is 2.08 bits per heavy atom. The normalized spacial score (nSPS) is 10.7. The van der Waals surface area contributed by atoms with Crippen LogP contribution in [0.3, 0.4) is 0 Å². The van der Waals surface area contributed by atoms with Crippen molar-refractivity contribution in [3.63, 3.8) is 0 Å². The summed E-state index contributed by atoms with van der Waals surface area (Å²) in [6, 6.07) is 13.7. The van der Waals surface area contributed by atoms with E-state index in [2.05, 4.69) is 5.10 Å². The minimum Gasteiger partial charge on any atom is -0.453 e. The first-order valence-corrected chi connectivity index (χ1v) is 8.01. The number of aromatic nitrogens is 2. The van der Waals surface area contributed by atoms with Crippen LogP contribution in [-0.4, -0.2) is 15.7 Å². The van der Waals surface area contributed by atoms with E-state index >= 15 is 0 Å². The number of benzene rings is 2. The van der Waals surface area contributed by atoms with E-state index in [-0.39, 0.29) is 5.91 Å². The molecule has 0 aliphatic carbocycles. The molecule has 6 heteroatoms. The molecule has 24 heavy (non-hydrogen) atoms. The van der Waals surface area contributed by atoms with E-state index in [0.29, 0.717) is 38.5 Å². The molecule has 0 fully saturated rings. The number of rotatable bonds is 3. The van der Waals surface area contributed by atoms with E-state index in [4.69, 9.17) is 27.9 Å². The summed E-state index contributed by atoms with van der Waals surface area (Å²) in [6.45, 7) is 3.59. The summed E-state index contributed by atoms with van der Waals surface area (Å²) in [6.07, 6.45) is 0. The molecule has 0 saturated carbocycles. The lowest BCUT2D eigenvalue weighted by Crippen LogP contribution is -2.15. The first kappa shape index (κ1) is 16.6. The lowest BCUT2D eigenvalue weighted by molar-refractivity contribution is 0.0942. The molecule has 0 aliphatic rings. The largest absolute Gasteiger partial charge is 0.453 e. The van der Waals surface area contributed by atoms with E-state index in [1.807, 2.05) is 0 Å². The molecule has 3 aromatic rings. The van der Waals surface area contributed by atoms with Crippen molar-refractivity contribution in [2.45, 2.75) is 13.8 Å². The minimum absolute atomic E-state index is 0.238. The van der Waals surface area contributed by atoms with Crippen LogP contribution in [0.4, 0.5) is 0 Å². The summed E-state index contributed by atoms with van der Waals surface area (Å²) in [7, 11) is 0. The minimum atomic E-state index is -0.238. The Hall–Kier alpha value is -2.30. The second kappa shape index (κ2) is 6.67. The van der Waals surface area contributed by atoms with E-state index in [1.54, 1.807) is 62.4 Å². The topological polar surface area (TPSA) is 44.1 Å². The maximum absolute atomic E-state index is 12.6. The summed E-state index contributed by atoms with van der Waals surface area (Å²) < 4.78 is 7.20. The molecule has 0 spiro atoms. The molecule has 0 unspecified atom stereocenters. The molecular weight excluding hydrogens is 347 g/mol. The SMILES string of the molecule is Cc1nn(C(=O)c2ccc(Cl)cc2)c(C)c1Oc1ccc(Cl)cc1. The maximum atomic E-state index is 12.6. The van der Waals surface area contributed by atoms with Gasteiger partial charge in [-0.25, -0.2) is 0 Å². The molecule has 1 aromatic heterocycles. The first-order chi connectivity index (χ1) is 11.5. The molecule has 0 atom stereocenters. The van der Waals surface area contributed by atoms with E-state index < -0.39 is 0 Å². The number of ether oxygens (including phenoxy) is 1. The molecule has 0 saturated heterocycles. The lowest BCUT2D eigenvalue weighted by Gasteiger charge is -2.07. The van der Waals surface area contributed by atoms with Crippen molar-refractivity contribution in [2.24, 2.45) is 0 Å². The highest BCUT2D eigenvalue weighted by atomic mass is 35.5. The summed E-state index contributed by atoms with van der Waals surface area (Å²) in [5.74, 6) is 0.946. The van der Waals surface area contributed by atoms with Gasteiger partial charge >= 0.3 is 0 Å². The molecule has 122 valence electrons. The third-order valence-electron chi connectivity index (χ3n) is 3.54. The number of aryl methyl sites for hydroxylation is 1. The standard InChI is InChI=1S/C18H14Cl2N2O2/c1-11-17(24-16-9-7-15(20)8-10-16)12(2)22(21-11)18(23)13-3-5-14(19)6-4-13/h3-10H,1-2H3. The van der Waals surface area contributed by atoms with Crippen LogP contribution in [0.1, 0.15) is 21.7 Å². The molecule has 3 rings (SSSR count). The fourth-order valence-electron chi connectivity index (χ4n) is 2.31. The number of carbonyl (C=O) groups is 1. The van der Waals surface area contributed by atoms with Gasteiger partial charge in [-0.3, -0.25) is 4.79 Å². The van der Waals surface area contributed by atoms with Gasteiger partial charge in [0.15, 0.2) is 5.75 Å². The number of carbonyl (C=O) groups excluding carboxylic acids is 1. The average molecular weight is 361 g/mol. The summed E-state index contributed by atoms with van der Waals surface area (Å²) >= 11 is 11.7. The molecular formula is C18H14Cl2N2O2. The van der Waals surface area contributed by atoms with Crippen molar-refractivity contribution in [3.8, 4) is 11.5 Å². The van der Waals surface area contributed by atoms with Gasteiger partial charge in [0.05, 0.1) is 5.69 Å². The van der Waals surface area contributed by atoms with Gasteiger partial charge in [0.2, 0.25) is 0 Å². The van der Waals surface area contributed by atoms with Crippen LogP contribution in [0.5, 0.6) is 11.5 Å². The number of hydrogen-bond acceptors (Lipinski definition) is 3. The zero-order chi connectivity index (χ0) is 17.3. The van der Waals surface area contributed by atoms with Crippen molar-refractivity contribution >= 4 is 29.1 Å². The Bertz CT molecular complexity index is 885. The van der Waals surface area contributed by atoms with E-state index in [9.17, 15) is 4.79 Å². The smallest absolute Gasteiger partial charge is 0.278 e. The van der Waals surface area contributed by atoms with Crippen molar-refractivity contribution < 1.29 is 9.53 Å². The number of hydrogen-bond donors (Lipinski definition) is 0. The van der Waals surface area contributed by atoms with Crippen LogP contribution in [0.25, 0.3) is 0 Å². The van der Waals surface area contributed by atoms with Gasteiger partial charge in [-0.2, -0.15) is 9.78 Å². The van der Waals surface area contributed by atoms with Gasteiger partial charge in [0.1, 0.15) is 11.4 Å². The average Bonchev–Trinajstić information content (AvgIpc) is 2.85. The maximum Gasteiger partial charge on any atom is 0.278 e. The third-order valence-corrected chi connectivity index (χ3v) is 4.05. The Morgan fingerprint density at radius 2 is 1.50 bits per heavy atom. The second-order valence-electron chi connectivity index (χ2n) is 5.28. The van der Waals surface area contributed by atoms with Crippen LogP contribution >= 0.6 is 23.2 Å². The summed E-state index contributed by atoms with van der Waals surface area (Å²) in [4.78, 5) is 12.6. The first-order valence-electron chi connectivity index (χ1n) is 7.25. The summed E-state index contributed by atoms with van der Waals surface area (Å²) in [5.41, 5.74) is 1.76. The Kier molecular flexibility index (Phi) is 4.60. The van der Waals surface area contributed by atoms with Crippen molar-refractivity contribution in [1.29, 1.82) is 0 Å². The van der Waals surface area contributed by atoms with E-state index in [0.717, 1.165) is 0 Å². The van der Waals surface area contributed by atoms with Crippen LogP contribution in [-0.2, 0) is 0 Å². The molecule has 0 amide bonds. The van der Waals surface area contributed by atoms with Gasteiger partial charge in [-0.1, -0.05) is 23.2 Å². The molecule has 0 N–H and O–H groups in total. The zero-order valence-corrected chi connectivity index (χ0v) is 14.6. The van der Waals surface area contributed by atoms with Crippen LogP contribution < -0.4 is 4.74 Å². The second-order valence-corrected chi connectivity index (χ2v) is 6.15. The van der Waals surface area contributed by atoms with Gasteiger partial charge in [0, 0.05) is 15.6 Å². The summed E-state index contributed by atoms with van der Waals surface area (Å²) in [5, 5.41) is 5.51. The fourth-order valence-corrected chi connectivity index (χ4v) is 2.56. The zero-order valence-electron chi connectivity index (χ0n) is 13.1. The molecule has 1 heterocycles. The predicted octanol–water partition coefficient (Wildman–Crippen LogP) is 5.29. The van der Waals surface area contributed by atoms with Crippen molar-refractivity contribution in [3.05, 3.63) is 75.5 Å². The van der Waals surface area contributed by atoms with Gasteiger partial charge in [0.25, 0.3) is 5.91 Å². The third kappa shape index (κ3) is 3.30. The van der Waals surface area contributed by atoms with Crippen LogP contribution in [0.2, 0.25) is 10.0 Å². The molecule has 2 aromatic carbocycles. The highest BCUT2D eigenvalue weighted by Crippen LogP contribution is 2.29. The Labute approximate surface area is 149 Å². The van der Waals surface area contributed by atoms with Gasteiger partial charge < -0.3 is 4.74 Å². The molecule has 4 nitrogen and oxygen atoms in total. The van der Waals surface area contributed by atoms with Crippen molar-refractivity contribution in [2.75, 3.05) is 0 Å². The highest BCUT2D eigenvalue weighted by molar-refractivity contribution is 6.30. The molecule has 0 bridgehead atoms. The van der Waals surface area contributed by atoms with Gasteiger partial charge in [-0.05, 0) is 62.4 Å². The predicted molar refractivity (Wildman–Crippen MR) is 94.4 cm³/mol. The number of halogens is 2. The quantitative estimate of drug-likeness (QED) is 0.637. The highest BCUT2D eigenvalue weighted by Gasteiger charge is 2.19. The monoisotopic (exact) mass is 360 g/mol. The van der Waals surface area contributed by atoms with Crippen LogP contribution in [0.15, 0.2) is 48.5 Å². The Balaban J connectivity index is 1.92. The molecule has 0 aliphatic heterocycles. The fraction of sp³-hybridized carbons (Fsp3) is 0.111. The van der Waals surface area contributed by atoms with Crippen molar-refractivity contribution in [1.82, 2.24) is 9.78 Å². The molecule has 0 radical (unpaired) electrons. The van der Waals surface area contributed by atoms with Gasteiger partial charge in [-0.15, -0.1) is 0 Å². The van der Waals surface area contributed by atoms with Crippen LogP contribution in [0, 0.1) is 13.8 Å².